The molecule has 2 heterocycles. The number of piperidine rings is 1. The summed E-state index contributed by atoms with van der Waals surface area (Å²) < 4.78 is 23.1. The first kappa shape index (κ1) is 18.3. The van der Waals surface area contributed by atoms with Gasteiger partial charge in [0.05, 0.1) is 17.4 Å². The first-order valence-corrected chi connectivity index (χ1v) is 9.62. The smallest absolute Gasteiger partial charge is 0.306 e. The Morgan fingerprint density at radius 1 is 1.29 bits per heavy atom. The molecule has 0 saturated carbocycles. The second-order valence-corrected chi connectivity index (χ2v) is 8.51. The molecule has 24 heavy (non-hydrogen) atoms. The van der Waals surface area contributed by atoms with Gasteiger partial charge in [-0.3, -0.25) is 9.59 Å². The molecule has 1 unspecified atom stereocenters. The molecule has 0 bridgehead atoms. The first-order valence-electron chi connectivity index (χ1n) is 7.80. The lowest BCUT2D eigenvalue weighted by molar-refractivity contribution is -0.145. The molecule has 1 amide bonds. The number of likely N-dealkylation sites (tertiary alicyclic amines) is 1. The minimum absolute atomic E-state index is 0.0247. The van der Waals surface area contributed by atoms with Crippen LogP contribution in [0.2, 0.25) is 0 Å². The van der Waals surface area contributed by atoms with Crippen LogP contribution in [0, 0.1) is 17.2 Å². The highest BCUT2D eigenvalue weighted by molar-refractivity contribution is 7.91. The van der Waals surface area contributed by atoms with Gasteiger partial charge in [0.1, 0.15) is 11.6 Å². The zero-order valence-corrected chi connectivity index (χ0v) is 14.3. The van der Waals surface area contributed by atoms with Gasteiger partial charge in [0.2, 0.25) is 0 Å². The molecule has 132 valence electrons. The largest absolute Gasteiger partial charge is 0.481 e. The predicted molar refractivity (Wildman–Crippen MR) is 85.5 cm³/mol. The SMILES string of the molecule is CN(/C=C(/C#N)C(=O)N1CCC(C(=O)O)CC1)C1CCS(=O)(=O)C1. The molecule has 0 radical (unpaired) electrons. The maximum atomic E-state index is 12.4. The van der Waals surface area contributed by atoms with E-state index >= 15 is 0 Å². The summed E-state index contributed by atoms with van der Waals surface area (Å²) in [4.78, 5) is 26.5. The third kappa shape index (κ3) is 4.26. The Hall–Kier alpha value is -2.08. The molecule has 1 N–H and O–H groups in total. The number of aliphatic carboxylic acids is 1. The van der Waals surface area contributed by atoms with Crippen molar-refractivity contribution in [3.05, 3.63) is 11.8 Å². The van der Waals surface area contributed by atoms with Gasteiger partial charge in [-0.15, -0.1) is 0 Å². The van der Waals surface area contributed by atoms with Crippen LogP contribution in [0.25, 0.3) is 0 Å². The molecule has 9 heteroatoms. The van der Waals surface area contributed by atoms with Gasteiger partial charge >= 0.3 is 5.97 Å². The molecule has 0 aromatic rings. The number of hydrogen-bond acceptors (Lipinski definition) is 6. The number of amides is 1. The van der Waals surface area contributed by atoms with Crippen LogP contribution in [-0.4, -0.2) is 72.9 Å². The van der Waals surface area contributed by atoms with Gasteiger partial charge in [-0.2, -0.15) is 5.26 Å². The van der Waals surface area contributed by atoms with Gasteiger partial charge in [-0.1, -0.05) is 0 Å². The van der Waals surface area contributed by atoms with E-state index in [2.05, 4.69) is 0 Å². The van der Waals surface area contributed by atoms with E-state index in [-0.39, 0.29) is 23.1 Å². The summed E-state index contributed by atoms with van der Waals surface area (Å²) in [6.45, 7) is 0.604. The highest BCUT2D eigenvalue weighted by Crippen LogP contribution is 2.20. The average Bonchev–Trinajstić information content (AvgIpc) is 2.92. The van der Waals surface area contributed by atoms with Crippen LogP contribution in [0.1, 0.15) is 19.3 Å². The Bertz CT molecular complexity index is 686. The Kier molecular flexibility index (Phi) is 5.49. The first-order chi connectivity index (χ1) is 11.2. The summed E-state index contributed by atoms with van der Waals surface area (Å²) in [7, 11) is -1.38. The van der Waals surface area contributed by atoms with E-state index in [1.807, 2.05) is 6.07 Å². The molecule has 0 aromatic carbocycles. The van der Waals surface area contributed by atoms with Crippen LogP contribution in [0.5, 0.6) is 0 Å². The summed E-state index contributed by atoms with van der Waals surface area (Å²) in [6.07, 6.45) is 2.62. The summed E-state index contributed by atoms with van der Waals surface area (Å²) >= 11 is 0. The van der Waals surface area contributed by atoms with Crippen molar-refractivity contribution in [1.29, 1.82) is 5.26 Å². The number of carboxylic acids is 1. The van der Waals surface area contributed by atoms with Crippen molar-refractivity contribution in [2.45, 2.75) is 25.3 Å². The quantitative estimate of drug-likeness (QED) is 0.549. The van der Waals surface area contributed by atoms with E-state index in [0.29, 0.717) is 32.4 Å². The van der Waals surface area contributed by atoms with E-state index in [1.54, 1.807) is 11.9 Å². The molecular formula is C15H21N3O5S. The fourth-order valence-corrected chi connectivity index (χ4v) is 4.82. The highest BCUT2D eigenvalue weighted by atomic mass is 32.2. The van der Waals surface area contributed by atoms with E-state index in [9.17, 15) is 23.3 Å². The second-order valence-electron chi connectivity index (χ2n) is 6.28. The molecule has 0 aromatic heterocycles. The van der Waals surface area contributed by atoms with Crippen molar-refractivity contribution < 1.29 is 23.1 Å². The molecule has 8 nitrogen and oxygen atoms in total. The Morgan fingerprint density at radius 2 is 1.92 bits per heavy atom. The standard InChI is InChI=1S/C15H21N3O5S/c1-17(13-4-7-24(22,23)10-13)9-12(8-16)14(19)18-5-2-11(3-6-18)15(20)21/h9,11,13H,2-7,10H2,1H3,(H,20,21)/b12-9-. The third-order valence-electron chi connectivity index (χ3n) is 4.60. The van der Waals surface area contributed by atoms with Crippen molar-refractivity contribution in [3.8, 4) is 6.07 Å². The molecule has 0 spiro atoms. The van der Waals surface area contributed by atoms with Crippen molar-refractivity contribution in [2.75, 3.05) is 31.6 Å². The van der Waals surface area contributed by atoms with Gasteiger partial charge in [-0.25, -0.2) is 8.42 Å². The van der Waals surface area contributed by atoms with E-state index in [4.69, 9.17) is 5.11 Å². The Labute approximate surface area is 141 Å². The minimum Gasteiger partial charge on any atom is -0.481 e. The summed E-state index contributed by atoms with van der Waals surface area (Å²) in [5.74, 6) is -1.60. The number of carbonyl (C=O) groups excluding carboxylic acids is 1. The lowest BCUT2D eigenvalue weighted by Crippen LogP contribution is -2.41. The summed E-state index contributed by atoms with van der Waals surface area (Å²) in [5.41, 5.74) is -0.0597. The molecule has 0 aliphatic carbocycles. The topological polar surface area (TPSA) is 119 Å². The molecule has 2 saturated heterocycles. The fourth-order valence-electron chi connectivity index (χ4n) is 3.04. The maximum Gasteiger partial charge on any atom is 0.306 e. The number of carbonyl (C=O) groups is 2. The monoisotopic (exact) mass is 355 g/mol. The van der Waals surface area contributed by atoms with Crippen LogP contribution < -0.4 is 0 Å². The van der Waals surface area contributed by atoms with E-state index in [1.165, 1.54) is 11.1 Å². The van der Waals surface area contributed by atoms with E-state index < -0.39 is 27.6 Å². The number of nitriles is 1. The second kappa shape index (κ2) is 7.21. The van der Waals surface area contributed by atoms with Crippen LogP contribution in [0.3, 0.4) is 0 Å². The van der Waals surface area contributed by atoms with Gasteiger partial charge in [0.25, 0.3) is 5.91 Å². The number of hydrogen-bond donors (Lipinski definition) is 1. The number of nitrogens with zero attached hydrogens (tertiary/aromatic N) is 3. The average molecular weight is 355 g/mol. The van der Waals surface area contributed by atoms with Crippen molar-refractivity contribution in [2.24, 2.45) is 5.92 Å². The predicted octanol–water partition coefficient (Wildman–Crippen LogP) is -0.164. The van der Waals surface area contributed by atoms with Gasteiger partial charge in [-0.05, 0) is 19.3 Å². The zero-order chi connectivity index (χ0) is 17.9. The Morgan fingerprint density at radius 3 is 2.38 bits per heavy atom. The van der Waals surface area contributed by atoms with Crippen LogP contribution in [0.15, 0.2) is 11.8 Å². The number of sulfone groups is 1. The Balaban J connectivity index is 2.01. The highest BCUT2D eigenvalue weighted by Gasteiger charge is 2.31. The molecule has 2 fully saturated rings. The number of rotatable bonds is 4. The van der Waals surface area contributed by atoms with Crippen molar-refractivity contribution in [1.82, 2.24) is 9.80 Å². The lowest BCUT2D eigenvalue weighted by Gasteiger charge is -2.30. The van der Waals surface area contributed by atoms with Crippen molar-refractivity contribution in [3.63, 3.8) is 0 Å². The fraction of sp³-hybridized carbons (Fsp3) is 0.667. The zero-order valence-electron chi connectivity index (χ0n) is 13.5. The normalized spacial score (nSPS) is 24.4. The van der Waals surface area contributed by atoms with Crippen LogP contribution in [0.4, 0.5) is 0 Å². The minimum atomic E-state index is -3.04. The van der Waals surface area contributed by atoms with E-state index in [0.717, 1.165) is 0 Å². The van der Waals surface area contributed by atoms with Crippen molar-refractivity contribution >= 4 is 21.7 Å². The molecule has 2 rings (SSSR count). The van der Waals surface area contributed by atoms with Gasteiger partial charge in [0.15, 0.2) is 9.84 Å². The summed E-state index contributed by atoms with van der Waals surface area (Å²) in [5, 5.41) is 18.2. The molecule has 2 aliphatic heterocycles. The van der Waals surface area contributed by atoms with Crippen LogP contribution >= 0.6 is 0 Å². The van der Waals surface area contributed by atoms with Gasteiger partial charge in [0, 0.05) is 32.4 Å². The molecule has 1 atom stereocenters. The lowest BCUT2D eigenvalue weighted by atomic mass is 9.97. The molecule has 2 aliphatic rings. The van der Waals surface area contributed by atoms with Crippen LogP contribution in [-0.2, 0) is 19.4 Å². The molecular weight excluding hydrogens is 334 g/mol. The van der Waals surface area contributed by atoms with Gasteiger partial charge < -0.3 is 14.9 Å². The summed E-state index contributed by atoms with van der Waals surface area (Å²) in [6, 6.07) is 1.64. The number of carboxylic acid groups (broad SMARTS) is 1. The maximum absolute atomic E-state index is 12.4. The third-order valence-corrected chi connectivity index (χ3v) is 6.35.